The SMILES string of the molecule is [2H]NC(=O)OCc1ccc(N)cc1. The standard InChI is InChI=1S/C8H10N2O2/c9-7-3-1-6(2-4-7)5-12-8(10)11/h1-4H,5,9H2,(H2,10,11)/i/hD. The van der Waals surface area contributed by atoms with Crippen LogP contribution >= 0.6 is 0 Å². The van der Waals surface area contributed by atoms with Crippen molar-refractivity contribution in [3.05, 3.63) is 29.8 Å². The molecular weight excluding hydrogens is 156 g/mol. The van der Waals surface area contributed by atoms with Crippen molar-refractivity contribution < 1.29 is 10.9 Å². The molecule has 4 N–H and O–H groups in total. The Morgan fingerprint density at radius 3 is 2.75 bits per heavy atom. The van der Waals surface area contributed by atoms with Crippen molar-refractivity contribution in [2.24, 2.45) is 5.73 Å². The number of amides is 1. The summed E-state index contributed by atoms with van der Waals surface area (Å²) in [5.41, 5.74) is 8.56. The molecule has 4 heteroatoms. The molecule has 1 amide bonds. The normalized spacial score (nSPS) is 10.2. The van der Waals surface area contributed by atoms with E-state index in [1.54, 1.807) is 30.0 Å². The van der Waals surface area contributed by atoms with Crippen LogP contribution in [0.1, 0.15) is 5.56 Å². The molecule has 0 atom stereocenters. The van der Waals surface area contributed by atoms with Crippen molar-refractivity contribution in [3.8, 4) is 0 Å². The highest BCUT2D eigenvalue weighted by Gasteiger charge is 1.95. The van der Waals surface area contributed by atoms with E-state index in [0.717, 1.165) is 5.56 Å². The van der Waals surface area contributed by atoms with Crippen LogP contribution in [0.15, 0.2) is 24.3 Å². The fraction of sp³-hybridized carbons (Fsp3) is 0.125. The number of hydrogen-bond acceptors (Lipinski definition) is 3. The topological polar surface area (TPSA) is 78.3 Å². The minimum Gasteiger partial charge on any atom is -0.445 e. The molecule has 0 fully saturated rings. The van der Waals surface area contributed by atoms with Gasteiger partial charge < -0.3 is 16.2 Å². The molecule has 0 heterocycles. The predicted molar refractivity (Wildman–Crippen MR) is 45.2 cm³/mol. The van der Waals surface area contributed by atoms with Crippen LogP contribution in [0, 0.1) is 0 Å². The van der Waals surface area contributed by atoms with Crippen LogP contribution in [0.5, 0.6) is 0 Å². The Kier molecular flexibility index (Phi) is 2.10. The van der Waals surface area contributed by atoms with Gasteiger partial charge in [0.05, 0.1) is 0 Å². The molecule has 0 bridgehead atoms. The highest BCUT2D eigenvalue weighted by Crippen LogP contribution is 2.06. The summed E-state index contributed by atoms with van der Waals surface area (Å²) in [5, 5.41) is 0. The molecule has 0 radical (unpaired) electrons. The van der Waals surface area contributed by atoms with Gasteiger partial charge >= 0.3 is 6.09 Å². The van der Waals surface area contributed by atoms with Gasteiger partial charge in [-0.3, -0.25) is 0 Å². The second kappa shape index (κ2) is 3.61. The maximum atomic E-state index is 10.5. The monoisotopic (exact) mass is 167 g/mol. The number of carbonyl (C=O) groups excluding carboxylic acids is 1. The number of rotatable bonds is 2. The minimum absolute atomic E-state index is 0.144. The van der Waals surface area contributed by atoms with E-state index in [0.29, 0.717) is 5.69 Å². The average Bonchev–Trinajstić information content (AvgIpc) is 2.16. The fourth-order valence-electron chi connectivity index (χ4n) is 0.763. The van der Waals surface area contributed by atoms with Gasteiger partial charge in [-0.2, -0.15) is 0 Å². The summed E-state index contributed by atoms with van der Waals surface area (Å²) < 4.78 is 11.1. The maximum Gasteiger partial charge on any atom is 0.404 e. The number of primary amides is 1. The summed E-state index contributed by atoms with van der Waals surface area (Å²) in [7, 11) is 0. The van der Waals surface area contributed by atoms with Crippen LogP contribution in [-0.4, -0.2) is 6.09 Å². The van der Waals surface area contributed by atoms with Gasteiger partial charge in [0.25, 0.3) is 0 Å². The second-order valence-electron chi connectivity index (χ2n) is 2.32. The molecule has 0 aliphatic carbocycles. The van der Waals surface area contributed by atoms with Gasteiger partial charge in [0.2, 0.25) is 0 Å². The average molecular weight is 167 g/mol. The van der Waals surface area contributed by atoms with Gasteiger partial charge in [-0.1, -0.05) is 12.1 Å². The number of nitrogen functional groups attached to an aromatic ring is 1. The van der Waals surface area contributed by atoms with E-state index in [1.165, 1.54) is 0 Å². The van der Waals surface area contributed by atoms with Crippen LogP contribution in [0.2, 0.25) is 1.41 Å². The number of nitrogens with two attached hydrogens (primary N) is 2. The lowest BCUT2D eigenvalue weighted by Gasteiger charge is -2.01. The number of ether oxygens (including phenoxy) is 1. The third kappa shape index (κ3) is 2.49. The van der Waals surface area contributed by atoms with E-state index >= 15 is 0 Å². The van der Waals surface area contributed by atoms with Gasteiger partial charge in [-0.25, -0.2) is 4.79 Å². The Labute approximate surface area is 71.6 Å². The molecule has 1 aromatic carbocycles. The Morgan fingerprint density at radius 1 is 1.50 bits per heavy atom. The highest BCUT2D eigenvalue weighted by molar-refractivity contribution is 5.64. The lowest BCUT2D eigenvalue weighted by atomic mass is 10.2. The smallest absolute Gasteiger partial charge is 0.404 e. The summed E-state index contributed by atoms with van der Waals surface area (Å²) in [5.74, 6) is 0. The first-order chi connectivity index (χ1) is 6.22. The zero-order chi connectivity index (χ0) is 9.68. The fourth-order valence-corrected chi connectivity index (χ4v) is 0.763. The first-order valence-electron chi connectivity index (χ1n) is 3.91. The Morgan fingerprint density at radius 2 is 2.17 bits per heavy atom. The summed E-state index contributed by atoms with van der Waals surface area (Å²) in [6.45, 7) is 0.144. The van der Waals surface area contributed by atoms with Crippen LogP contribution in [-0.2, 0) is 11.3 Å². The number of carbonyl (C=O) groups is 1. The van der Waals surface area contributed by atoms with Gasteiger partial charge in [-0.05, 0) is 17.7 Å². The molecule has 0 aliphatic heterocycles. The van der Waals surface area contributed by atoms with E-state index < -0.39 is 6.09 Å². The molecule has 1 aromatic rings. The predicted octanol–water partition coefficient (Wildman–Crippen LogP) is 0.864. The van der Waals surface area contributed by atoms with Gasteiger partial charge in [0.1, 0.15) is 6.61 Å². The summed E-state index contributed by atoms with van der Waals surface area (Å²) in [6, 6.07) is 6.95. The third-order valence-electron chi connectivity index (χ3n) is 1.35. The van der Waals surface area contributed by atoms with Crippen molar-refractivity contribution in [1.82, 2.24) is 0 Å². The van der Waals surface area contributed by atoms with Crippen molar-refractivity contribution in [2.75, 3.05) is 5.73 Å². The number of hydrogen-bond donors (Lipinski definition) is 2. The second-order valence-corrected chi connectivity index (χ2v) is 2.32. The number of anilines is 1. The van der Waals surface area contributed by atoms with Crippen molar-refractivity contribution in [1.29, 1.82) is 0 Å². The van der Waals surface area contributed by atoms with Crippen molar-refractivity contribution >= 4 is 11.8 Å². The van der Waals surface area contributed by atoms with E-state index in [-0.39, 0.29) is 6.61 Å². The summed E-state index contributed by atoms with van der Waals surface area (Å²) >= 11 is 0. The first kappa shape index (κ1) is 6.97. The van der Waals surface area contributed by atoms with E-state index in [9.17, 15) is 4.79 Å². The van der Waals surface area contributed by atoms with E-state index in [2.05, 4.69) is 4.74 Å². The summed E-state index contributed by atoms with van der Waals surface area (Å²) in [4.78, 5) is 10.5. The molecule has 12 heavy (non-hydrogen) atoms. The summed E-state index contributed by atoms with van der Waals surface area (Å²) in [6.07, 6.45) is -0.767. The molecular formula is C8H10N2O2. The molecule has 0 spiro atoms. The largest absolute Gasteiger partial charge is 0.445 e. The van der Waals surface area contributed by atoms with Gasteiger partial charge in [0, 0.05) is 5.69 Å². The van der Waals surface area contributed by atoms with Crippen LogP contribution < -0.4 is 11.5 Å². The zero-order valence-corrected chi connectivity index (χ0v) is 6.41. The van der Waals surface area contributed by atoms with Crippen molar-refractivity contribution in [3.63, 3.8) is 0 Å². The Bertz CT molecular complexity index is 287. The first-order valence-corrected chi connectivity index (χ1v) is 3.41. The number of benzene rings is 1. The van der Waals surface area contributed by atoms with Crippen LogP contribution in [0.4, 0.5) is 10.5 Å². The molecule has 0 aromatic heterocycles. The van der Waals surface area contributed by atoms with Gasteiger partial charge in [0.15, 0.2) is 1.41 Å². The molecule has 0 saturated heterocycles. The molecule has 1 rings (SSSR count). The lowest BCUT2D eigenvalue weighted by molar-refractivity contribution is 0.150. The zero-order valence-electron chi connectivity index (χ0n) is 7.41. The van der Waals surface area contributed by atoms with E-state index in [4.69, 9.17) is 7.15 Å². The quantitative estimate of drug-likeness (QED) is 0.641. The molecule has 0 saturated carbocycles. The van der Waals surface area contributed by atoms with Crippen LogP contribution in [0.25, 0.3) is 0 Å². The lowest BCUT2D eigenvalue weighted by Crippen LogP contribution is -2.12. The highest BCUT2D eigenvalue weighted by atomic mass is 16.5. The van der Waals surface area contributed by atoms with Crippen molar-refractivity contribution in [2.45, 2.75) is 6.61 Å². The molecule has 0 aliphatic rings. The molecule has 64 valence electrons. The van der Waals surface area contributed by atoms with Gasteiger partial charge in [-0.15, -0.1) is 0 Å². The minimum atomic E-state index is -0.767. The molecule has 4 nitrogen and oxygen atoms in total. The maximum absolute atomic E-state index is 10.5. The Hall–Kier alpha value is -1.71. The van der Waals surface area contributed by atoms with Crippen LogP contribution in [0.3, 0.4) is 0 Å². The van der Waals surface area contributed by atoms with E-state index in [1.807, 2.05) is 0 Å². The molecule has 0 unspecified atom stereocenters. The Balaban J connectivity index is 2.46. The third-order valence-corrected chi connectivity index (χ3v) is 1.35.